The highest BCUT2D eigenvalue weighted by atomic mass is 32.1. The molecule has 0 amide bonds. The highest BCUT2D eigenvalue weighted by Gasteiger charge is 1.99. The van der Waals surface area contributed by atoms with E-state index >= 15 is 0 Å². The van der Waals surface area contributed by atoms with Crippen molar-refractivity contribution in [2.75, 3.05) is 0 Å². The maximum atomic E-state index is 4.43. The summed E-state index contributed by atoms with van der Waals surface area (Å²) in [5.74, 6) is 0. The molecule has 2 aromatic heterocycles. The van der Waals surface area contributed by atoms with Crippen LogP contribution in [0.4, 0.5) is 0 Å². The van der Waals surface area contributed by atoms with Gasteiger partial charge in [-0.05, 0) is 26.0 Å². The van der Waals surface area contributed by atoms with E-state index in [-0.39, 0.29) is 0 Å². The van der Waals surface area contributed by atoms with Crippen molar-refractivity contribution in [1.29, 1.82) is 0 Å². The first-order valence-electron chi connectivity index (χ1n) is 5.28. The van der Waals surface area contributed by atoms with Crippen LogP contribution in [-0.2, 0) is 13.1 Å². The van der Waals surface area contributed by atoms with E-state index < -0.39 is 0 Å². The molecular formula is C12H15N3S. The van der Waals surface area contributed by atoms with Crippen LogP contribution in [0.3, 0.4) is 0 Å². The van der Waals surface area contributed by atoms with Crippen LogP contribution in [0.25, 0.3) is 0 Å². The van der Waals surface area contributed by atoms with Gasteiger partial charge in [0, 0.05) is 29.9 Å². The van der Waals surface area contributed by atoms with Crippen LogP contribution in [0.2, 0.25) is 0 Å². The average Bonchev–Trinajstić information content (AvgIpc) is 2.64. The standard InChI is InChI=1S/C12H15N3S/c1-9-4-3-5-11(14-9)6-13-7-12-15-10(2)8-16-12/h3-5,8,13H,6-7H2,1-2H3. The van der Waals surface area contributed by atoms with Crippen molar-refractivity contribution >= 4 is 11.3 Å². The van der Waals surface area contributed by atoms with Crippen LogP contribution in [0, 0.1) is 13.8 Å². The number of nitrogens with one attached hydrogen (secondary N) is 1. The molecule has 0 atom stereocenters. The van der Waals surface area contributed by atoms with E-state index in [0.717, 1.165) is 35.2 Å². The molecule has 0 aliphatic rings. The molecular weight excluding hydrogens is 218 g/mol. The summed E-state index contributed by atoms with van der Waals surface area (Å²) in [6, 6.07) is 6.08. The topological polar surface area (TPSA) is 37.8 Å². The van der Waals surface area contributed by atoms with Crippen molar-refractivity contribution in [3.05, 3.63) is 45.7 Å². The monoisotopic (exact) mass is 233 g/mol. The van der Waals surface area contributed by atoms with Gasteiger partial charge in [-0.15, -0.1) is 11.3 Å². The molecule has 16 heavy (non-hydrogen) atoms. The molecule has 0 spiro atoms. The Labute approximate surface area is 99.6 Å². The fraction of sp³-hybridized carbons (Fsp3) is 0.333. The lowest BCUT2D eigenvalue weighted by molar-refractivity contribution is 0.674. The van der Waals surface area contributed by atoms with Gasteiger partial charge in [-0.1, -0.05) is 6.07 Å². The minimum atomic E-state index is 0.792. The Balaban J connectivity index is 1.84. The number of hydrogen-bond donors (Lipinski definition) is 1. The molecule has 0 saturated carbocycles. The molecule has 1 N–H and O–H groups in total. The third-order valence-electron chi connectivity index (χ3n) is 2.19. The largest absolute Gasteiger partial charge is 0.305 e. The summed E-state index contributed by atoms with van der Waals surface area (Å²) >= 11 is 1.69. The van der Waals surface area contributed by atoms with E-state index in [9.17, 15) is 0 Å². The Morgan fingerprint density at radius 1 is 1.12 bits per heavy atom. The van der Waals surface area contributed by atoms with Crippen LogP contribution >= 0.6 is 11.3 Å². The minimum Gasteiger partial charge on any atom is -0.305 e. The van der Waals surface area contributed by atoms with Crippen molar-refractivity contribution in [3.63, 3.8) is 0 Å². The molecule has 0 radical (unpaired) electrons. The minimum absolute atomic E-state index is 0.792. The van der Waals surface area contributed by atoms with Crippen LogP contribution in [-0.4, -0.2) is 9.97 Å². The molecule has 0 aliphatic carbocycles. The van der Waals surface area contributed by atoms with Crippen molar-refractivity contribution in [2.45, 2.75) is 26.9 Å². The van der Waals surface area contributed by atoms with Crippen molar-refractivity contribution < 1.29 is 0 Å². The van der Waals surface area contributed by atoms with Gasteiger partial charge in [0.05, 0.1) is 5.69 Å². The summed E-state index contributed by atoms with van der Waals surface area (Å²) in [5.41, 5.74) is 3.23. The zero-order valence-corrected chi connectivity index (χ0v) is 10.3. The zero-order chi connectivity index (χ0) is 11.4. The summed E-state index contributed by atoms with van der Waals surface area (Å²) in [5, 5.41) is 6.55. The number of aryl methyl sites for hydroxylation is 2. The van der Waals surface area contributed by atoms with Gasteiger partial charge in [0.1, 0.15) is 5.01 Å². The van der Waals surface area contributed by atoms with E-state index in [1.807, 2.05) is 32.0 Å². The van der Waals surface area contributed by atoms with E-state index in [0.29, 0.717) is 0 Å². The second-order valence-corrected chi connectivity index (χ2v) is 4.70. The molecule has 2 rings (SSSR count). The van der Waals surface area contributed by atoms with Gasteiger partial charge in [-0.25, -0.2) is 4.98 Å². The number of pyridine rings is 1. The predicted octanol–water partition coefficient (Wildman–Crippen LogP) is 2.44. The lowest BCUT2D eigenvalue weighted by Gasteiger charge is -2.02. The highest BCUT2D eigenvalue weighted by molar-refractivity contribution is 7.09. The van der Waals surface area contributed by atoms with E-state index in [4.69, 9.17) is 0 Å². The molecule has 0 unspecified atom stereocenters. The maximum absolute atomic E-state index is 4.43. The van der Waals surface area contributed by atoms with Gasteiger partial charge >= 0.3 is 0 Å². The Morgan fingerprint density at radius 3 is 2.69 bits per heavy atom. The highest BCUT2D eigenvalue weighted by Crippen LogP contribution is 2.08. The quantitative estimate of drug-likeness (QED) is 0.881. The Hall–Kier alpha value is -1.26. The molecule has 3 nitrogen and oxygen atoms in total. The first-order chi connectivity index (χ1) is 7.74. The molecule has 0 fully saturated rings. The van der Waals surface area contributed by atoms with Crippen molar-refractivity contribution in [1.82, 2.24) is 15.3 Å². The van der Waals surface area contributed by atoms with Crippen molar-refractivity contribution in [2.24, 2.45) is 0 Å². The van der Waals surface area contributed by atoms with Crippen LogP contribution in [0.1, 0.15) is 22.1 Å². The van der Waals surface area contributed by atoms with Gasteiger partial charge in [0.15, 0.2) is 0 Å². The summed E-state index contributed by atoms with van der Waals surface area (Å²) in [4.78, 5) is 8.83. The summed E-state index contributed by atoms with van der Waals surface area (Å²) in [6.07, 6.45) is 0. The number of aromatic nitrogens is 2. The molecule has 84 valence electrons. The Kier molecular flexibility index (Phi) is 3.64. The third-order valence-corrected chi connectivity index (χ3v) is 3.16. The third kappa shape index (κ3) is 3.12. The number of rotatable bonds is 4. The van der Waals surface area contributed by atoms with Gasteiger partial charge in [-0.2, -0.15) is 0 Å². The van der Waals surface area contributed by atoms with Crippen LogP contribution in [0.15, 0.2) is 23.6 Å². The second kappa shape index (κ2) is 5.18. The van der Waals surface area contributed by atoms with E-state index in [2.05, 4.69) is 20.7 Å². The maximum Gasteiger partial charge on any atom is 0.107 e. The molecule has 0 aromatic carbocycles. The molecule has 0 saturated heterocycles. The normalized spacial score (nSPS) is 10.6. The van der Waals surface area contributed by atoms with Gasteiger partial charge in [0.25, 0.3) is 0 Å². The fourth-order valence-electron chi connectivity index (χ4n) is 1.48. The lowest BCUT2D eigenvalue weighted by Crippen LogP contribution is -2.13. The number of thiazole rings is 1. The summed E-state index contributed by atoms with van der Waals surface area (Å²) in [6.45, 7) is 5.63. The van der Waals surface area contributed by atoms with Gasteiger partial charge in [-0.3, -0.25) is 4.98 Å². The summed E-state index contributed by atoms with van der Waals surface area (Å²) < 4.78 is 0. The Bertz CT molecular complexity index is 465. The van der Waals surface area contributed by atoms with Gasteiger partial charge in [0.2, 0.25) is 0 Å². The SMILES string of the molecule is Cc1cccc(CNCc2nc(C)cs2)n1. The molecule has 4 heteroatoms. The average molecular weight is 233 g/mol. The molecule has 0 bridgehead atoms. The second-order valence-electron chi connectivity index (χ2n) is 3.76. The smallest absolute Gasteiger partial charge is 0.107 e. The van der Waals surface area contributed by atoms with E-state index in [1.54, 1.807) is 11.3 Å². The van der Waals surface area contributed by atoms with Crippen LogP contribution < -0.4 is 5.32 Å². The first-order valence-corrected chi connectivity index (χ1v) is 6.16. The van der Waals surface area contributed by atoms with E-state index in [1.165, 1.54) is 0 Å². The zero-order valence-electron chi connectivity index (χ0n) is 9.53. The molecule has 0 aliphatic heterocycles. The first kappa shape index (κ1) is 11.2. The lowest BCUT2D eigenvalue weighted by atomic mass is 10.3. The summed E-state index contributed by atoms with van der Waals surface area (Å²) in [7, 11) is 0. The fourth-order valence-corrected chi connectivity index (χ4v) is 2.22. The molecule has 2 aromatic rings. The van der Waals surface area contributed by atoms with Gasteiger partial charge < -0.3 is 5.32 Å². The number of hydrogen-bond acceptors (Lipinski definition) is 4. The number of nitrogens with zero attached hydrogens (tertiary/aromatic N) is 2. The Morgan fingerprint density at radius 2 is 2.00 bits per heavy atom. The predicted molar refractivity (Wildman–Crippen MR) is 66.4 cm³/mol. The van der Waals surface area contributed by atoms with Crippen molar-refractivity contribution in [3.8, 4) is 0 Å². The van der Waals surface area contributed by atoms with Crippen LogP contribution in [0.5, 0.6) is 0 Å². The molecule has 2 heterocycles.